The highest BCUT2D eigenvalue weighted by atomic mass is 16.5. The number of anilines is 1. The predicted molar refractivity (Wildman–Crippen MR) is 82.9 cm³/mol. The van der Waals surface area contributed by atoms with E-state index in [9.17, 15) is 0 Å². The second kappa shape index (κ2) is 5.99. The molecule has 4 heteroatoms. The van der Waals surface area contributed by atoms with Crippen LogP contribution in [0.2, 0.25) is 0 Å². The van der Waals surface area contributed by atoms with Gasteiger partial charge in [0.15, 0.2) is 0 Å². The first-order valence-electron chi connectivity index (χ1n) is 7.12. The van der Waals surface area contributed by atoms with Gasteiger partial charge in [0.25, 0.3) is 0 Å². The van der Waals surface area contributed by atoms with Crippen molar-refractivity contribution in [1.29, 1.82) is 0 Å². The minimum absolute atomic E-state index is 0.178. The zero-order valence-electron chi connectivity index (χ0n) is 12.7. The third-order valence-electron chi connectivity index (χ3n) is 3.14. The Morgan fingerprint density at radius 3 is 2.45 bits per heavy atom. The zero-order chi connectivity index (χ0) is 14.7. The number of rotatable bonds is 5. The van der Waals surface area contributed by atoms with E-state index in [0.29, 0.717) is 0 Å². The van der Waals surface area contributed by atoms with Gasteiger partial charge in [-0.25, -0.2) is 4.98 Å². The van der Waals surface area contributed by atoms with Crippen LogP contribution < -0.4 is 10.5 Å². The molecule has 0 bridgehead atoms. The zero-order valence-corrected chi connectivity index (χ0v) is 12.7. The smallest absolute Gasteiger partial charge is 0.131 e. The quantitative estimate of drug-likeness (QED) is 0.905. The van der Waals surface area contributed by atoms with Gasteiger partial charge in [-0.3, -0.25) is 0 Å². The Hall–Kier alpha value is -1.97. The summed E-state index contributed by atoms with van der Waals surface area (Å²) in [5.41, 5.74) is 8.09. The standard InChI is InChI=1S/C16H23N3O/c1-5-10-19-12(4)18-15(16(19)17)13-6-8-14(9-7-13)20-11(2)3/h6-9,11H,5,10,17H2,1-4H3. The van der Waals surface area contributed by atoms with Crippen LogP contribution in [0.5, 0.6) is 5.75 Å². The lowest BCUT2D eigenvalue weighted by Gasteiger charge is -2.10. The SMILES string of the molecule is CCCn1c(C)nc(-c2ccc(OC(C)C)cc2)c1N. The number of nitrogen functional groups attached to an aromatic ring is 1. The Labute approximate surface area is 120 Å². The topological polar surface area (TPSA) is 53.1 Å². The summed E-state index contributed by atoms with van der Waals surface area (Å²) >= 11 is 0. The van der Waals surface area contributed by atoms with E-state index in [1.807, 2.05) is 45.0 Å². The van der Waals surface area contributed by atoms with Crippen LogP contribution in [0.25, 0.3) is 11.3 Å². The lowest BCUT2D eigenvalue weighted by atomic mass is 10.1. The number of aryl methyl sites for hydroxylation is 1. The lowest BCUT2D eigenvalue weighted by molar-refractivity contribution is 0.242. The summed E-state index contributed by atoms with van der Waals surface area (Å²) in [6.07, 6.45) is 1.22. The van der Waals surface area contributed by atoms with Crippen LogP contribution in [-0.4, -0.2) is 15.7 Å². The van der Waals surface area contributed by atoms with E-state index in [-0.39, 0.29) is 6.10 Å². The highest BCUT2D eigenvalue weighted by Gasteiger charge is 2.13. The Kier molecular flexibility index (Phi) is 4.32. The fourth-order valence-electron chi connectivity index (χ4n) is 2.26. The van der Waals surface area contributed by atoms with Crippen molar-refractivity contribution < 1.29 is 4.74 Å². The van der Waals surface area contributed by atoms with Gasteiger partial charge < -0.3 is 15.0 Å². The molecule has 2 N–H and O–H groups in total. The molecule has 2 aromatic rings. The van der Waals surface area contributed by atoms with Gasteiger partial charge in [0.05, 0.1) is 6.10 Å². The van der Waals surface area contributed by atoms with Gasteiger partial charge in [-0.2, -0.15) is 0 Å². The van der Waals surface area contributed by atoms with Crippen molar-refractivity contribution in [3.63, 3.8) is 0 Å². The maximum atomic E-state index is 6.21. The number of ether oxygens (including phenoxy) is 1. The average Bonchev–Trinajstić information content (AvgIpc) is 2.67. The Balaban J connectivity index is 2.30. The molecular weight excluding hydrogens is 250 g/mol. The minimum Gasteiger partial charge on any atom is -0.491 e. The molecule has 1 aromatic carbocycles. The molecule has 0 unspecified atom stereocenters. The third kappa shape index (κ3) is 2.95. The second-order valence-corrected chi connectivity index (χ2v) is 5.24. The maximum Gasteiger partial charge on any atom is 0.131 e. The molecule has 0 spiro atoms. The highest BCUT2D eigenvalue weighted by Crippen LogP contribution is 2.28. The Bertz CT molecular complexity index is 570. The van der Waals surface area contributed by atoms with Gasteiger partial charge in [0, 0.05) is 12.1 Å². The first-order valence-corrected chi connectivity index (χ1v) is 7.12. The molecule has 0 saturated carbocycles. The van der Waals surface area contributed by atoms with E-state index in [4.69, 9.17) is 10.5 Å². The molecule has 0 atom stereocenters. The summed E-state index contributed by atoms with van der Waals surface area (Å²) in [5.74, 6) is 2.57. The third-order valence-corrected chi connectivity index (χ3v) is 3.14. The van der Waals surface area contributed by atoms with Crippen molar-refractivity contribution in [1.82, 2.24) is 9.55 Å². The van der Waals surface area contributed by atoms with E-state index in [1.165, 1.54) is 0 Å². The number of imidazole rings is 1. The molecule has 0 saturated heterocycles. The lowest BCUT2D eigenvalue weighted by Crippen LogP contribution is -2.05. The van der Waals surface area contributed by atoms with Crippen LogP contribution >= 0.6 is 0 Å². The summed E-state index contributed by atoms with van der Waals surface area (Å²) in [5, 5.41) is 0. The normalized spacial score (nSPS) is 11.1. The number of hydrogen-bond donors (Lipinski definition) is 1. The molecule has 1 heterocycles. The largest absolute Gasteiger partial charge is 0.491 e. The summed E-state index contributed by atoms with van der Waals surface area (Å²) < 4.78 is 7.71. The summed E-state index contributed by atoms with van der Waals surface area (Å²) in [6.45, 7) is 9.06. The number of nitrogens with two attached hydrogens (primary N) is 1. The molecule has 0 amide bonds. The molecule has 2 rings (SSSR count). The van der Waals surface area contributed by atoms with Crippen molar-refractivity contribution >= 4 is 5.82 Å². The van der Waals surface area contributed by atoms with Crippen LogP contribution in [0.15, 0.2) is 24.3 Å². The van der Waals surface area contributed by atoms with E-state index in [0.717, 1.165) is 41.6 Å². The molecular formula is C16H23N3O. The van der Waals surface area contributed by atoms with E-state index in [1.54, 1.807) is 0 Å². The number of hydrogen-bond acceptors (Lipinski definition) is 3. The molecule has 20 heavy (non-hydrogen) atoms. The van der Waals surface area contributed by atoms with Crippen LogP contribution in [0, 0.1) is 6.92 Å². The van der Waals surface area contributed by atoms with Crippen molar-refractivity contribution in [2.45, 2.75) is 46.8 Å². The van der Waals surface area contributed by atoms with Crippen LogP contribution in [0.4, 0.5) is 5.82 Å². The van der Waals surface area contributed by atoms with Gasteiger partial charge in [0.1, 0.15) is 23.1 Å². The predicted octanol–water partition coefficient (Wildman–Crippen LogP) is 3.64. The van der Waals surface area contributed by atoms with E-state index < -0.39 is 0 Å². The summed E-state index contributed by atoms with van der Waals surface area (Å²) in [6, 6.07) is 7.93. The van der Waals surface area contributed by atoms with Crippen LogP contribution in [0.1, 0.15) is 33.0 Å². The number of benzene rings is 1. The number of aromatic nitrogens is 2. The molecule has 4 nitrogen and oxygen atoms in total. The fraction of sp³-hybridized carbons (Fsp3) is 0.438. The highest BCUT2D eigenvalue weighted by molar-refractivity contribution is 5.71. The summed E-state index contributed by atoms with van der Waals surface area (Å²) in [7, 11) is 0. The molecule has 0 radical (unpaired) electrons. The fourth-order valence-corrected chi connectivity index (χ4v) is 2.26. The van der Waals surface area contributed by atoms with E-state index in [2.05, 4.69) is 16.5 Å². The molecule has 108 valence electrons. The first-order chi connectivity index (χ1) is 9.52. The van der Waals surface area contributed by atoms with Gasteiger partial charge in [-0.1, -0.05) is 6.92 Å². The Morgan fingerprint density at radius 1 is 1.25 bits per heavy atom. The van der Waals surface area contributed by atoms with Crippen LogP contribution in [0.3, 0.4) is 0 Å². The van der Waals surface area contributed by atoms with Gasteiger partial charge in [-0.05, 0) is 51.5 Å². The van der Waals surface area contributed by atoms with Crippen molar-refractivity contribution in [3.05, 3.63) is 30.1 Å². The Morgan fingerprint density at radius 2 is 1.90 bits per heavy atom. The number of nitrogens with zero attached hydrogens (tertiary/aromatic N) is 2. The molecule has 1 aromatic heterocycles. The molecule has 0 fully saturated rings. The first kappa shape index (κ1) is 14.4. The molecule has 0 aliphatic carbocycles. The van der Waals surface area contributed by atoms with Crippen molar-refractivity contribution in [2.24, 2.45) is 0 Å². The maximum absolute atomic E-state index is 6.21. The van der Waals surface area contributed by atoms with Gasteiger partial charge >= 0.3 is 0 Å². The van der Waals surface area contributed by atoms with Crippen molar-refractivity contribution in [3.8, 4) is 17.0 Å². The van der Waals surface area contributed by atoms with Crippen molar-refractivity contribution in [2.75, 3.05) is 5.73 Å². The summed E-state index contributed by atoms with van der Waals surface area (Å²) in [4.78, 5) is 4.59. The second-order valence-electron chi connectivity index (χ2n) is 5.24. The van der Waals surface area contributed by atoms with E-state index >= 15 is 0 Å². The van der Waals surface area contributed by atoms with Gasteiger partial charge in [0.2, 0.25) is 0 Å². The van der Waals surface area contributed by atoms with Gasteiger partial charge in [-0.15, -0.1) is 0 Å². The average molecular weight is 273 g/mol. The minimum atomic E-state index is 0.178. The monoisotopic (exact) mass is 273 g/mol. The molecule has 0 aliphatic heterocycles. The van der Waals surface area contributed by atoms with Crippen LogP contribution in [-0.2, 0) is 6.54 Å². The molecule has 0 aliphatic rings.